The Morgan fingerprint density at radius 3 is 1.16 bits per heavy atom. The Bertz CT molecular complexity index is 3870. The molecule has 0 radical (unpaired) electrons. The summed E-state index contributed by atoms with van der Waals surface area (Å²) in [6.45, 7) is -0.150. The van der Waals surface area contributed by atoms with Crippen molar-refractivity contribution in [2.75, 3.05) is 52.9 Å². The molecule has 0 aliphatic carbocycles. The third-order valence-electron chi connectivity index (χ3n) is 27.6. The highest BCUT2D eigenvalue weighted by Gasteiger charge is 2.67. The Morgan fingerprint density at radius 1 is 0.372 bits per heavy atom. The lowest BCUT2D eigenvalue weighted by Crippen LogP contribution is -2.73. The van der Waals surface area contributed by atoms with E-state index in [0.29, 0.717) is 18.8 Å². The van der Waals surface area contributed by atoms with Crippen molar-refractivity contribution >= 4 is 47.4 Å². The van der Waals surface area contributed by atoms with E-state index >= 15 is 0 Å². The number of carboxylic acid groups (broad SMARTS) is 3. The van der Waals surface area contributed by atoms with E-state index < -0.39 is 369 Å². The predicted octanol–water partition coefficient (Wildman–Crippen LogP) is -8.81. The molecule has 7 fully saturated rings. The number of carbonyl (C=O) groups excluding carboxylic acids is 5. The van der Waals surface area contributed by atoms with Crippen LogP contribution in [0.5, 0.6) is 0 Å². The number of unbranched alkanes of at least 4 members (excludes halogenated alkanes) is 18. The summed E-state index contributed by atoms with van der Waals surface area (Å²) in [4.78, 5) is 107. The maximum atomic E-state index is 14.3. The lowest BCUT2D eigenvalue weighted by molar-refractivity contribution is -0.404. The average Bonchev–Trinajstić information content (AvgIpc) is 0.753. The number of nitrogens with one attached hydrogen (secondary N) is 5. The van der Waals surface area contributed by atoms with Crippen molar-refractivity contribution in [3.8, 4) is 0 Å². The monoisotopic (exact) mass is 2100 g/mol. The molecule has 0 spiro atoms. The van der Waals surface area contributed by atoms with Crippen LogP contribution in [0.25, 0.3) is 0 Å². The summed E-state index contributed by atoms with van der Waals surface area (Å²) in [5.74, 6) is -22.0. The first-order valence-electron chi connectivity index (χ1n) is 50.2. The van der Waals surface area contributed by atoms with E-state index in [9.17, 15) is 171 Å². The second-order valence-corrected chi connectivity index (χ2v) is 38.9. The van der Waals surface area contributed by atoms with Crippen molar-refractivity contribution in [1.82, 2.24) is 26.6 Å². The van der Waals surface area contributed by atoms with E-state index in [1.807, 2.05) is 0 Å². The summed E-state index contributed by atoms with van der Waals surface area (Å²) in [5.41, 5.74) is 0. The van der Waals surface area contributed by atoms with Crippen molar-refractivity contribution in [2.45, 2.75) is 472 Å². The van der Waals surface area contributed by atoms with Crippen LogP contribution in [-0.2, 0) is 105 Å². The zero-order valence-corrected chi connectivity index (χ0v) is 82.9. The Hall–Kier alpha value is -5.72. The number of amides is 5. The molecular formula is C92H161N5O48. The summed E-state index contributed by atoms with van der Waals surface area (Å²) in [6, 6.07) is -9.64. The van der Waals surface area contributed by atoms with Crippen LogP contribution in [0.4, 0.5) is 0 Å². The molecule has 7 rings (SSSR count). The minimum absolute atomic E-state index is 0.0427. The predicted molar refractivity (Wildman–Crippen MR) is 489 cm³/mol. The molecule has 0 aromatic heterocycles. The maximum Gasteiger partial charge on any atom is 0.364 e. The van der Waals surface area contributed by atoms with Crippen molar-refractivity contribution in [3.63, 3.8) is 0 Å². The van der Waals surface area contributed by atoms with Crippen LogP contribution in [-0.4, -0.2) is 483 Å². The fourth-order valence-electron chi connectivity index (χ4n) is 19.2. The molecule has 53 nitrogen and oxygen atoms in total. The molecule has 145 heavy (non-hydrogen) atoms. The lowest BCUT2D eigenvalue weighted by Gasteiger charge is -2.53. The van der Waals surface area contributed by atoms with Crippen LogP contribution in [0.2, 0.25) is 0 Å². The molecule has 7 aliphatic heterocycles. The van der Waals surface area contributed by atoms with Crippen LogP contribution in [0, 0.1) is 5.92 Å². The topological polar surface area (TPSA) is 852 Å². The van der Waals surface area contributed by atoms with Gasteiger partial charge in [0, 0.05) is 53.4 Å². The molecule has 0 saturated carbocycles. The first-order valence-corrected chi connectivity index (χ1v) is 50.2. The van der Waals surface area contributed by atoms with Crippen LogP contribution >= 0.6 is 0 Å². The van der Waals surface area contributed by atoms with Gasteiger partial charge in [-0.25, -0.2) is 14.4 Å². The minimum atomic E-state index is -3.68. The fourth-order valence-corrected chi connectivity index (χ4v) is 19.2. The number of hydrogen-bond donors (Lipinski definition) is 31. The molecule has 0 bridgehead atoms. The SMILES string of the molecule is CCCCCCCCCCCCCCCC(=O)N[C@@H](CO[C@@H]1O[C@H](CO)[C@@H](O[C@@H]2O[C@H](CO)[C@H](O)[C@H](O[C@@H]3O[C@H](CO)[C@H](O)[C@H](O[C@]4(C(=O)O)C[C@H](O)[C@@H](NC(C)=O)[C@H]([C@H](O)[C@@H](CO)O[C@@H]5O[C@H](CO)[C@H](O[C@]6(C(=O)O)C[C@H](O)[C@@H](NC(C)=O)[C@H]([C@H](O)[C@H](O)CO)O6)[C@H](O[C@]6(C(=O)O)C[C@H](O)[C@@H](NC(C)=O)[C@H]([C@H](O)[C@H](O)CO)O6)[C@H]5O)O4)[C@H]3NC(C)=O)[C@H]2O)[C@H](O)[C@H]1O)[C@H](O)[C@H](O)CCCCCCCCCC(C)CC. The van der Waals surface area contributed by atoms with E-state index in [2.05, 4.69) is 47.4 Å². The van der Waals surface area contributed by atoms with Crippen molar-refractivity contribution in [2.24, 2.45) is 5.92 Å². The van der Waals surface area contributed by atoms with Gasteiger partial charge in [0.25, 0.3) is 17.4 Å². The first-order chi connectivity index (χ1) is 68.7. The van der Waals surface area contributed by atoms with E-state index in [1.165, 1.54) is 38.5 Å². The molecule has 842 valence electrons. The lowest BCUT2D eigenvalue weighted by atomic mass is 9.87. The molecule has 42 atom stereocenters. The van der Waals surface area contributed by atoms with E-state index in [-0.39, 0.29) is 12.8 Å². The minimum Gasteiger partial charge on any atom is -0.477 e. The summed E-state index contributed by atoms with van der Waals surface area (Å²) < 4.78 is 83.5. The van der Waals surface area contributed by atoms with Crippen molar-refractivity contribution in [3.05, 3.63) is 0 Å². The summed E-state index contributed by atoms with van der Waals surface area (Å²) in [6.07, 6.45) is -59.0. The van der Waals surface area contributed by atoms with Crippen LogP contribution in [0.1, 0.15) is 222 Å². The Morgan fingerprint density at radius 2 is 0.738 bits per heavy atom. The summed E-state index contributed by atoms with van der Waals surface area (Å²) >= 11 is 0. The van der Waals surface area contributed by atoms with E-state index in [1.54, 1.807) is 0 Å². The molecule has 0 aromatic carbocycles. The van der Waals surface area contributed by atoms with E-state index in [4.69, 9.17) is 66.3 Å². The quantitative estimate of drug-likeness (QED) is 0.0252. The van der Waals surface area contributed by atoms with E-state index in [0.717, 1.165) is 118 Å². The zero-order chi connectivity index (χ0) is 108. The van der Waals surface area contributed by atoms with Gasteiger partial charge in [-0.05, 0) is 18.8 Å². The van der Waals surface area contributed by atoms with Gasteiger partial charge in [0.05, 0.1) is 101 Å². The Balaban J connectivity index is 1.16. The van der Waals surface area contributed by atoms with Gasteiger partial charge in [-0.15, -0.1) is 0 Å². The molecule has 7 heterocycles. The number of carboxylic acids is 3. The largest absolute Gasteiger partial charge is 0.477 e. The number of hydrogen-bond acceptors (Lipinski definition) is 45. The average molecular weight is 2110 g/mol. The van der Waals surface area contributed by atoms with Gasteiger partial charge in [-0.1, -0.05) is 156 Å². The van der Waals surface area contributed by atoms with Crippen LogP contribution in [0.3, 0.4) is 0 Å². The van der Waals surface area contributed by atoms with Gasteiger partial charge >= 0.3 is 17.9 Å². The standard InChI is InChI=1S/C92H161N5O48/c1-8-10-11-12-13-14-15-16-17-18-22-25-28-31-60(115)97-48(65(116)49(109)30-27-24-21-19-20-23-26-29-43(3)9-2)42-132-84-72(123)71(122)75(58(40-103)136-84)138-86-73(124)81(70(121)57(39-102)135-86)139-83-64(96-47(7)108)80(69(120)55(37-100)133-83)144-91(88(128)129)33-52(112)63(95-46(6)107)79(143-91)68(119)56(38-101)134-85-74(125)82(145-92(89(130)131)34-51(111)62(94-45(5)106)78(142-92)67(118)54(114)36-99)76(59(41-104)137-85)140-90(87(126)127)32-50(110)61(93-44(4)105)77(141-90)66(117)53(113)35-98/h43,48-59,61-86,98-104,109-114,116-125H,8-42H2,1-7H3,(H,93,105)(H,94,106)(H,95,107)(H,96,108)(H,97,115)(H,126,127)(H,128,129)(H,130,131)/t43?,48-,49+,50-,51-,52-,53+,54+,55+,56+,57+,58+,59+,61+,62+,63+,64+,65-,66+,67+,68+,69-,70-,71+,72+,73+,74+,75+,76-,77+,78+,79+,80+,81-,82+,83-,84+,85+,86-,90+,91-,92-/m0/s1. The van der Waals surface area contributed by atoms with Gasteiger partial charge in [0.15, 0.2) is 25.2 Å². The molecule has 0 aromatic rings. The molecule has 1 unspecified atom stereocenters. The van der Waals surface area contributed by atoms with Crippen molar-refractivity contribution < 1.29 is 237 Å². The van der Waals surface area contributed by atoms with Crippen LogP contribution < -0.4 is 26.6 Å². The number of aliphatic hydroxyl groups is 23. The molecule has 5 amide bonds. The smallest absolute Gasteiger partial charge is 0.364 e. The van der Waals surface area contributed by atoms with Gasteiger partial charge in [0.1, 0.15) is 159 Å². The van der Waals surface area contributed by atoms with Gasteiger partial charge < -0.3 is 226 Å². The highest BCUT2D eigenvalue weighted by Crippen LogP contribution is 2.46. The highest BCUT2D eigenvalue weighted by atomic mass is 16.8. The maximum absolute atomic E-state index is 14.3. The van der Waals surface area contributed by atoms with Crippen LogP contribution in [0.15, 0.2) is 0 Å². The van der Waals surface area contributed by atoms with Gasteiger partial charge in [-0.3, -0.25) is 24.0 Å². The molecule has 53 heteroatoms. The second kappa shape index (κ2) is 60.7. The number of carbonyl (C=O) groups is 8. The molecule has 31 N–H and O–H groups in total. The Kier molecular flexibility index (Phi) is 52.8. The number of rotatable bonds is 63. The number of aliphatic hydroxyl groups excluding tert-OH is 23. The highest BCUT2D eigenvalue weighted by molar-refractivity contribution is 5.79. The third kappa shape index (κ3) is 34.4. The number of aliphatic carboxylic acids is 3. The number of ether oxygens (including phenoxy) is 14. The first kappa shape index (κ1) is 126. The molecular weight excluding hydrogens is 1940 g/mol. The van der Waals surface area contributed by atoms with Gasteiger partial charge in [0.2, 0.25) is 29.5 Å². The van der Waals surface area contributed by atoms with Gasteiger partial charge in [-0.2, -0.15) is 0 Å². The summed E-state index contributed by atoms with van der Waals surface area (Å²) in [5, 5.41) is 309. The Labute approximate surface area is 838 Å². The third-order valence-corrected chi connectivity index (χ3v) is 27.6. The zero-order valence-electron chi connectivity index (χ0n) is 82.9. The molecule has 7 aliphatic rings. The summed E-state index contributed by atoms with van der Waals surface area (Å²) in [7, 11) is 0. The van der Waals surface area contributed by atoms with Crippen molar-refractivity contribution in [1.29, 1.82) is 0 Å². The molecule has 7 saturated heterocycles. The fraction of sp³-hybridized carbons (Fsp3) is 0.913. The normalized spacial score (nSPS) is 36.2. The second-order valence-electron chi connectivity index (χ2n) is 38.9.